The second-order valence-electron chi connectivity index (χ2n) is 6.62. The lowest BCUT2D eigenvalue weighted by atomic mass is 9.84. The van der Waals surface area contributed by atoms with Gasteiger partial charge in [-0.15, -0.1) is 0 Å². The van der Waals surface area contributed by atoms with Gasteiger partial charge in [0.15, 0.2) is 0 Å². The number of carbonyl (C=O) groups is 1. The van der Waals surface area contributed by atoms with E-state index in [1.807, 2.05) is 18.7 Å². The van der Waals surface area contributed by atoms with Crippen LogP contribution in [-0.2, 0) is 4.79 Å². The van der Waals surface area contributed by atoms with E-state index in [4.69, 9.17) is 11.5 Å². The highest BCUT2D eigenvalue weighted by Crippen LogP contribution is 2.47. The Morgan fingerprint density at radius 1 is 1.44 bits per heavy atom. The van der Waals surface area contributed by atoms with Crippen LogP contribution < -0.4 is 11.5 Å². The second kappa shape index (κ2) is 5.17. The maximum absolute atomic E-state index is 12.3. The standard InChI is InChI=1S/C14H27N3O/c1-10(2)12(16)13(18)17-6-5-14(9-17)4-3-11(7-14)8-15/h10-12H,3-9,15-16H2,1-2H3/t11-,12-,14+/m1/s1. The first kappa shape index (κ1) is 13.8. The summed E-state index contributed by atoms with van der Waals surface area (Å²) in [7, 11) is 0. The number of hydrogen-bond donors (Lipinski definition) is 2. The lowest BCUT2D eigenvalue weighted by Gasteiger charge is -2.26. The van der Waals surface area contributed by atoms with E-state index in [-0.39, 0.29) is 17.9 Å². The van der Waals surface area contributed by atoms with Gasteiger partial charge in [0.1, 0.15) is 0 Å². The fraction of sp³-hybridized carbons (Fsp3) is 0.929. The lowest BCUT2D eigenvalue weighted by Crippen LogP contribution is -2.46. The average molecular weight is 253 g/mol. The van der Waals surface area contributed by atoms with Gasteiger partial charge in [0.05, 0.1) is 6.04 Å². The molecule has 0 aromatic carbocycles. The Labute approximate surface area is 110 Å². The van der Waals surface area contributed by atoms with E-state index in [9.17, 15) is 4.79 Å². The SMILES string of the molecule is CC(C)[C@@H](N)C(=O)N1CC[C@]2(CC[C@@H](CN)C2)C1. The maximum Gasteiger partial charge on any atom is 0.239 e. The summed E-state index contributed by atoms with van der Waals surface area (Å²) in [6, 6.07) is -0.341. The number of rotatable bonds is 3. The highest BCUT2D eigenvalue weighted by molar-refractivity contribution is 5.82. The molecule has 0 bridgehead atoms. The zero-order chi connectivity index (χ0) is 13.3. The van der Waals surface area contributed by atoms with Gasteiger partial charge in [0.25, 0.3) is 0 Å². The molecule has 1 aliphatic heterocycles. The van der Waals surface area contributed by atoms with Crippen LogP contribution in [0.1, 0.15) is 39.5 Å². The number of nitrogens with zero attached hydrogens (tertiary/aromatic N) is 1. The van der Waals surface area contributed by atoms with Crippen molar-refractivity contribution in [3.63, 3.8) is 0 Å². The van der Waals surface area contributed by atoms with Crippen LogP contribution in [0.4, 0.5) is 0 Å². The summed E-state index contributed by atoms with van der Waals surface area (Å²) in [5, 5.41) is 0. The third-order valence-electron chi connectivity index (χ3n) is 4.89. The summed E-state index contributed by atoms with van der Waals surface area (Å²) in [4.78, 5) is 14.2. The first-order valence-corrected chi connectivity index (χ1v) is 7.22. The van der Waals surface area contributed by atoms with Crippen LogP contribution in [0.5, 0.6) is 0 Å². The van der Waals surface area contributed by atoms with Gasteiger partial charge in [-0.3, -0.25) is 4.79 Å². The van der Waals surface area contributed by atoms with E-state index in [0.29, 0.717) is 11.3 Å². The quantitative estimate of drug-likeness (QED) is 0.786. The molecule has 18 heavy (non-hydrogen) atoms. The van der Waals surface area contributed by atoms with E-state index in [1.165, 1.54) is 19.3 Å². The molecule has 1 spiro atoms. The molecule has 1 aliphatic carbocycles. The number of carbonyl (C=O) groups excluding carboxylic acids is 1. The zero-order valence-corrected chi connectivity index (χ0v) is 11.7. The van der Waals surface area contributed by atoms with Crippen LogP contribution in [0.15, 0.2) is 0 Å². The molecule has 0 aromatic rings. The minimum absolute atomic E-state index is 0.137. The van der Waals surface area contributed by atoms with Crippen molar-refractivity contribution >= 4 is 5.91 Å². The summed E-state index contributed by atoms with van der Waals surface area (Å²) in [5.41, 5.74) is 12.1. The molecule has 4 nitrogen and oxygen atoms in total. The Morgan fingerprint density at radius 2 is 2.17 bits per heavy atom. The number of likely N-dealkylation sites (tertiary alicyclic amines) is 1. The number of amides is 1. The Balaban J connectivity index is 1.94. The van der Waals surface area contributed by atoms with Gasteiger partial charge in [-0.1, -0.05) is 13.8 Å². The normalized spacial score (nSPS) is 33.6. The summed E-state index contributed by atoms with van der Waals surface area (Å²) < 4.78 is 0. The second-order valence-corrected chi connectivity index (χ2v) is 6.62. The first-order chi connectivity index (χ1) is 8.47. The highest BCUT2D eigenvalue weighted by Gasteiger charge is 2.45. The van der Waals surface area contributed by atoms with E-state index >= 15 is 0 Å². The zero-order valence-electron chi connectivity index (χ0n) is 11.7. The molecule has 0 aromatic heterocycles. The molecule has 1 saturated heterocycles. The van der Waals surface area contributed by atoms with Gasteiger partial charge in [-0.2, -0.15) is 0 Å². The van der Waals surface area contributed by atoms with Crippen LogP contribution >= 0.6 is 0 Å². The van der Waals surface area contributed by atoms with Crippen molar-refractivity contribution in [1.29, 1.82) is 0 Å². The monoisotopic (exact) mass is 253 g/mol. The highest BCUT2D eigenvalue weighted by atomic mass is 16.2. The first-order valence-electron chi connectivity index (χ1n) is 7.22. The molecule has 1 heterocycles. The number of nitrogens with two attached hydrogens (primary N) is 2. The molecule has 1 amide bonds. The van der Waals surface area contributed by atoms with Crippen molar-refractivity contribution in [3.8, 4) is 0 Å². The molecule has 2 aliphatic rings. The average Bonchev–Trinajstić information content (AvgIpc) is 2.95. The molecule has 2 fully saturated rings. The fourth-order valence-corrected chi connectivity index (χ4v) is 3.52. The largest absolute Gasteiger partial charge is 0.341 e. The molecule has 3 atom stereocenters. The minimum Gasteiger partial charge on any atom is -0.341 e. The smallest absolute Gasteiger partial charge is 0.239 e. The van der Waals surface area contributed by atoms with Crippen molar-refractivity contribution in [1.82, 2.24) is 4.90 Å². The van der Waals surface area contributed by atoms with Crippen LogP contribution in [0.2, 0.25) is 0 Å². The minimum atomic E-state index is -0.341. The summed E-state index contributed by atoms with van der Waals surface area (Å²) in [6.07, 6.45) is 4.80. The molecule has 2 rings (SSSR count). The maximum atomic E-state index is 12.3. The summed E-state index contributed by atoms with van der Waals surface area (Å²) in [5.74, 6) is 1.02. The Bertz CT molecular complexity index is 318. The van der Waals surface area contributed by atoms with Gasteiger partial charge >= 0.3 is 0 Å². The van der Waals surface area contributed by atoms with Gasteiger partial charge in [-0.05, 0) is 49.5 Å². The molecule has 0 unspecified atom stereocenters. The molecule has 0 radical (unpaired) electrons. The molecule has 4 heteroatoms. The Hall–Kier alpha value is -0.610. The lowest BCUT2D eigenvalue weighted by molar-refractivity contribution is -0.132. The van der Waals surface area contributed by atoms with Crippen LogP contribution in [-0.4, -0.2) is 36.5 Å². The summed E-state index contributed by atoms with van der Waals surface area (Å²) >= 11 is 0. The van der Waals surface area contributed by atoms with Crippen LogP contribution in [0, 0.1) is 17.3 Å². The van der Waals surface area contributed by atoms with Gasteiger partial charge in [-0.25, -0.2) is 0 Å². The van der Waals surface area contributed by atoms with E-state index in [2.05, 4.69) is 0 Å². The van der Waals surface area contributed by atoms with Gasteiger partial charge in [0, 0.05) is 13.1 Å². The van der Waals surface area contributed by atoms with Crippen molar-refractivity contribution in [2.45, 2.75) is 45.6 Å². The van der Waals surface area contributed by atoms with E-state index in [0.717, 1.165) is 26.1 Å². The fourth-order valence-electron chi connectivity index (χ4n) is 3.52. The van der Waals surface area contributed by atoms with Crippen LogP contribution in [0.3, 0.4) is 0 Å². The third kappa shape index (κ3) is 2.54. The molecule has 104 valence electrons. The van der Waals surface area contributed by atoms with Crippen LogP contribution in [0.25, 0.3) is 0 Å². The molecular formula is C14H27N3O. The van der Waals surface area contributed by atoms with E-state index in [1.54, 1.807) is 0 Å². The Kier molecular flexibility index (Phi) is 3.97. The van der Waals surface area contributed by atoms with Crippen molar-refractivity contribution in [2.75, 3.05) is 19.6 Å². The van der Waals surface area contributed by atoms with Crippen molar-refractivity contribution < 1.29 is 4.79 Å². The van der Waals surface area contributed by atoms with E-state index < -0.39 is 0 Å². The number of hydrogen-bond acceptors (Lipinski definition) is 3. The Morgan fingerprint density at radius 3 is 2.72 bits per heavy atom. The summed E-state index contributed by atoms with van der Waals surface area (Å²) in [6.45, 7) is 6.60. The molecular weight excluding hydrogens is 226 g/mol. The molecule has 4 N–H and O–H groups in total. The predicted octanol–water partition coefficient (Wildman–Crippen LogP) is 0.947. The predicted molar refractivity (Wildman–Crippen MR) is 72.8 cm³/mol. The third-order valence-corrected chi connectivity index (χ3v) is 4.89. The van der Waals surface area contributed by atoms with Crippen molar-refractivity contribution in [2.24, 2.45) is 28.7 Å². The molecule has 1 saturated carbocycles. The van der Waals surface area contributed by atoms with Gasteiger partial charge < -0.3 is 16.4 Å². The van der Waals surface area contributed by atoms with Crippen molar-refractivity contribution in [3.05, 3.63) is 0 Å². The van der Waals surface area contributed by atoms with Gasteiger partial charge in [0.2, 0.25) is 5.91 Å². The topological polar surface area (TPSA) is 72.4 Å².